The van der Waals surface area contributed by atoms with Crippen molar-refractivity contribution in [3.05, 3.63) is 0 Å². The van der Waals surface area contributed by atoms with Gasteiger partial charge in [-0.25, -0.2) is 0 Å². The molecule has 3 unspecified atom stereocenters. The average molecular weight is 495 g/mol. The lowest BCUT2D eigenvalue weighted by molar-refractivity contribution is -0.0917. The second-order valence-electron chi connectivity index (χ2n) is 6.39. The topological polar surface area (TPSA) is 149 Å². The maximum Gasteiger partial charge on any atom is 0.104 e. The third-order valence-corrected chi connectivity index (χ3v) is 6.67. The number of hydrogen-bond acceptors (Lipinski definition) is 12. The fourth-order valence-electron chi connectivity index (χ4n) is 2.06. The minimum Gasteiger partial charge on any atom is -0.396 e. The molecule has 0 aromatic carbocycles. The molecular formula is C18H38O9S3. The van der Waals surface area contributed by atoms with Gasteiger partial charge in [0.05, 0.1) is 71.2 Å². The SMILES string of the molecule is OCCSCC(O)COCC(COCC(O)CSCCO)OCC(O)CSCCO. The first kappa shape index (κ1) is 30.7. The highest BCUT2D eigenvalue weighted by Crippen LogP contribution is 2.07. The molecule has 3 atom stereocenters. The lowest BCUT2D eigenvalue weighted by atomic mass is 10.3. The molecule has 9 nitrogen and oxygen atoms in total. The Morgan fingerprint density at radius 2 is 0.900 bits per heavy atom. The van der Waals surface area contributed by atoms with Crippen LogP contribution in [0.3, 0.4) is 0 Å². The third kappa shape index (κ3) is 20.6. The van der Waals surface area contributed by atoms with Crippen LogP contribution in [0.4, 0.5) is 0 Å². The molecule has 0 saturated carbocycles. The summed E-state index contributed by atoms with van der Waals surface area (Å²) in [6.07, 6.45) is -2.48. The first-order chi connectivity index (χ1) is 14.5. The lowest BCUT2D eigenvalue weighted by Crippen LogP contribution is -2.33. The second kappa shape index (κ2) is 22.9. The van der Waals surface area contributed by atoms with Gasteiger partial charge in [0.25, 0.3) is 0 Å². The number of rotatable bonds is 23. The van der Waals surface area contributed by atoms with Gasteiger partial charge in [0.2, 0.25) is 0 Å². The second-order valence-corrected chi connectivity index (χ2v) is 9.84. The van der Waals surface area contributed by atoms with E-state index in [0.717, 1.165) is 0 Å². The van der Waals surface area contributed by atoms with Gasteiger partial charge in [-0.05, 0) is 0 Å². The molecule has 182 valence electrons. The van der Waals surface area contributed by atoms with E-state index in [9.17, 15) is 15.3 Å². The van der Waals surface area contributed by atoms with Gasteiger partial charge in [-0.3, -0.25) is 0 Å². The van der Waals surface area contributed by atoms with Crippen molar-refractivity contribution in [2.45, 2.75) is 24.4 Å². The van der Waals surface area contributed by atoms with Crippen LogP contribution in [-0.4, -0.2) is 142 Å². The molecule has 0 aromatic rings. The summed E-state index contributed by atoms with van der Waals surface area (Å²) < 4.78 is 16.7. The van der Waals surface area contributed by atoms with E-state index in [1.165, 1.54) is 35.3 Å². The van der Waals surface area contributed by atoms with Crippen LogP contribution in [0.25, 0.3) is 0 Å². The minimum atomic E-state index is -0.690. The zero-order chi connectivity index (χ0) is 22.5. The number of aliphatic hydroxyl groups is 6. The van der Waals surface area contributed by atoms with Crippen molar-refractivity contribution in [1.82, 2.24) is 0 Å². The van der Waals surface area contributed by atoms with Gasteiger partial charge in [-0.1, -0.05) is 0 Å². The van der Waals surface area contributed by atoms with E-state index >= 15 is 0 Å². The Bertz CT molecular complexity index is 337. The molecule has 0 rings (SSSR count). The highest BCUT2D eigenvalue weighted by atomic mass is 32.2. The van der Waals surface area contributed by atoms with Gasteiger partial charge in [0, 0.05) is 34.5 Å². The van der Waals surface area contributed by atoms with E-state index in [-0.39, 0.29) is 52.9 Å². The monoisotopic (exact) mass is 494 g/mol. The van der Waals surface area contributed by atoms with Crippen LogP contribution < -0.4 is 0 Å². The molecule has 12 heteroatoms. The van der Waals surface area contributed by atoms with Gasteiger partial charge < -0.3 is 44.8 Å². The summed E-state index contributed by atoms with van der Waals surface area (Å²) in [5, 5.41) is 56.0. The van der Waals surface area contributed by atoms with E-state index in [4.69, 9.17) is 29.5 Å². The summed E-state index contributed by atoms with van der Waals surface area (Å²) in [7, 11) is 0. The van der Waals surface area contributed by atoms with Crippen LogP contribution in [0.15, 0.2) is 0 Å². The van der Waals surface area contributed by atoms with E-state index < -0.39 is 24.4 Å². The summed E-state index contributed by atoms with van der Waals surface area (Å²) in [4.78, 5) is 0. The normalized spacial score (nSPS) is 15.8. The lowest BCUT2D eigenvalue weighted by Gasteiger charge is -2.21. The Hall–Kier alpha value is 0.690. The summed E-state index contributed by atoms with van der Waals surface area (Å²) in [6, 6.07) is 0. The number of ether oxygens (including phenoxy) is 3. The third-order valence-electron chi connectivity index (χ3n) is 3.39. The molecule has 0 spiro atoms. The molecule has 0 fully saturated rings. The van der Waals surface area contributed by atoms with Crippen molar-refractivity contribution < 1.29 is 44.8 Å². The van der Waals surface area contributed by atoms with E-state index in [1.807, 2.05) is 0 Å². The molecule has 0 aromatic heterocycles. The summed E-state index contributed by atoms with van der Waals surface area (Å²) >= 11 is 4.30. The van der Waals surface area contributed by atoms with Crippen LogP contribution >= 0.6 is 35.3 Å². The first-order valence-electron chi connectivity index (χ1n) is 9.90. The Morgan fingerprint density at radius 3 is 1.27 bits per heavy atom. The summed E-state index contributed by atoms with van der Waals surface area (Å²) in [5.41, 5.74) is 0. The fourth-order valence-corrected chi connectivity index (χ4v) is 4.05. The van der Waals surface area contributed by atoms with Gasteiger partial charge in [0.15, 0.2) is 0 Å². The Morgan fingerprint density at radius 1 is 0.533 bits per heavy atom. The van der Waals surface area contributed by atoms with E-state index in [0.29, 0.717) is 34.5 Å². The molecule has 0 aliphatic heterocycles. The minimum absolute atomic E-state index is 0.0559. The Balaban J connectivity index is 4.23. The van der Waals surface area contributed by atoms with Crippen LogP contribution in [0, 0.1) is 0 Å². The molecule has 0 bridgehead atoms. The maximum absolute atomic E-state index is 9.96. The Kier molecular flexibility index (Phi) is 23.4. The van der Waals surface area contributed by atoms with Crippen molar-refractivity contribution in [3.63, 3.8) is 0 Å². The molecule has 0 heterocycles. The molecular weight excluding hydrogens is 456 g/mol. The Labute approximate surface area is 191 Å². The van der Waals surface area contributed by atoms with Gasteiger partial charge in [0.1, 0.15) is 6.10 Å². The highest BCUT2D eigenvalue weighted by molar-refractivity contribution is 7.99. The van der Waals surface area contributed by atoms with Crippen LogP contribution in [0.2, 0.25) is 0 Å². The summed E-state index contributed by atoms with van der Waals surface area (Å²) in [6.45, 7) is 0.825. The smallest absolute Gasteiger partial charge is 0.104 e. The van der Waals surface area contributed by atoms with Crippen molar-refractivity contribution in [1.29, 1.82) is 0 Å². The standard InChI is InChI=1S/C18H38O9S3/c19-1-4-28-12-15(22)7-25-10-18(27-9-17(24)14-30-6-3-21)11-26-8-16(23)13-29-5-2-20/h15-24H,1-14H2. The van der Waals surface area contributed by atoms with Crippen LogP contribution in [0.1, 0.15) is 0 Å². The molecule has 0 aliphatic carbocycles. The van der Waals surface area contributed by atoms with Crippen molar-refractivity contribution in [2.75, 3.05) is 87.4 Å². The van der Waals surface area contributed by atoms with Gasteiger partial charge in [-0.15, -0.1) is 0 Å². The molecule has 30 heavy (non-hydrogen) atoms. The average Bonchev–Trinajstić information content (AvgIpc) is 2.72. The summed E-state index contributed by atoms with van der Waals surface area (Å²) in [5.74, 6) is 3.02. The maximum atomic E-state index is 9.96. The molecule has 6 N–H and O–H groups in total. The predicted octanol–water partition coefficient (Wildman–Crippen LogP) is -1.34. The van der Waals surface area contributed by atoms with Crippen molar-refractivity contribution >= 4 is 35.3 Å². The zero-order valence-corrected chi connectivity index (χ0v) is 19.8. The molecule has 0 saturated heterocycles. The number of aliphatic hydroxyl groups excluding tert-OH is 6. The number of thioether (sulfide) groups is 3. The molecule has 0 radical (unpaired) electrons. The largest absolute Gasteiger partial charge is 0.396 e. The van der Waals surface area contributed by atoms with Crippen molar-refractivity contribution in [2.24, 2.45) is 0 Å². The molecule has 0 aliphatic rings. The quantitative estimate of drug-likeness (QED) is 0.0934. The van der Waals surface area contributed by atoms with Gasteiger partial charge >= 0.3 is 0 Å². The van der Waals surface area contributed by atoms with Crippen LogP contribution in [-0.2, 0) is 14.2 Å². The van der Waals surface area contributed by atoms with E-state index in [2.05, 4.69) is 0 Å². The molecule has 0 amide bonds. The van der Waals surface area contributed by atoms with Crippen molar-refractivity contribution in [3.8, 4) is 0 Å². The highest BCUT2D eigenvalue weighted by Gasteiger charge is 2.16. The van der Waals surface area contributed by atoms with E-state index in [1.54, 1.807) is 0 Å². The fraction of sp³-hybridized carbons (Fsp3) is 1.00. The van der Waals surface area contributed by atoms with Gasteiger partial charge in [-0.2, -0.15) is 35.3 Å². The number of hydrogen-bond donors (Lipinski definition) is 6. The zero-order valence-electron chi connectivity index (χ0n) is 17.3. The van der Waals surface area contributed by atoms with Crippen LogP contribution in [0.5, 0.6) is 0 Å². The first-order valence-corrected chi connectivity index (χ1v) is 13.4. The predicted molar refractivity (Wildman–Crippen MR) is 123 cm³/mol.